The fourth-order valence-corrected chi connectivity index (χ4v) is 3.24. The van der Waals surface area contributed by atoms with Crippen molar-refractivity contribution in [3.8, 4) is 22.6 Å². The monoisotopic (exact) mass is 353 g/mol. The number of fused-ring (bicyclic) bond motifs is 1. The molecule has 1 heterocycles. The van der Waals surface area contributed by atoms with Gasteiger partial charge in [-0.1, -0.05) is 31.4 Å². The molecule has 138 valence electrons. The first-order chi connectivity index (χ1) is 12.4. The first-order valence-electron chi connectivity index (χ1n) is 9.24. The summed E-state index contributed by atoms with van der Waals surface area (Å²) >= 11 is 0. The summed E-state index contributed by atoms with van der Waals surface area (Å²) in [6.07, 6.45) is 4.47. The molecule has 0 fully saturated rings. The van der Waals surface area contributed by atoms with E-state index in [0.29, 0.717) is 16.8 Å². The molecule has 0 saturated heterocycles. The maximum absolute atomic E-state index is 10.5. The molecule has 0 bridgehead atoms. The van der Waals surface area contributed by atoms with Gasteiger partial charge in [0.25, 0.3) is 0 Å². The second-order valence-electron chi connectivity index (χ2n) is 7.47. The minimum Gasteiger partial charge on any atom is -0.507 e. The average Bonchev–Trinajstić information content (AvgIpc) is 3.05. The number of rotatable bonds is 7. The minimum atomic E-state index is -0.305. The minimum absolute atomic E-state index is 0.208. The molecule has 0 aliphatic rings. The van der Waals surface area contributed by atoms with Gasteiger partial charge in [0.15, 0.2) is 0 Å². The number of aryl methyl sites for hydroxylation is 1. The van der Waals surface area contributed by atoms with Crippen molar-refractivity contribution in [2.45, 2.75) is 59.0 Å². The highest BCUT2D eigenvalue weighted by molar-refractivity contribution is 5.96. The summed E-state index contributed by atoms with van der Waals surface area (Å²) in [6.45, 7) is 8.41. The van der Waals surface area contributed by atoms with Crippen LogP contribution in [0.15, 0.2) is 30.3 Å². The van der Waals surface area contributed by atoms with Crippen molar-refractivity contribution < 1.29 is 9.84 Å². The third-order valence-electron chi connectivity index (χ3n) is 4.64. The summed E-state index contributed by atoms with van der Waals surface area (Å²) in [6, 6.07) is 9.36. The Morgan fingerprint density at radius 1 is 1.12 bits per heavy atom. The Labute approximate surface area is 154 Å². The van der Waals surface area contributed by atoms with E-state index in [9.17, 15) is 5.11 Å². The van der Waals surface area contributed by atoms with Crippen LogP contribution in [-0.2, 0) is 0 Å². The highest BCUT2D eigenvalue weighted by Gasteiger charge is 2.24. The molecule has 5 heteroatoms. The fraction of sp³-hybridized carbons (Fsp3) is 0.429. The summed E-state index contributed by atoms with van der Waals surface area (Å²) in [5.41, 5.74) is 3.70. The van der Waals surface area contributed by atoms with Crippen molar-refractivity contribution in [3.63, 3.8) is 0 Å². The van der Waals surface area contributed by atoms with Gasteiger partial charge >= 0.3 is 0 Å². The number of unbranched alkanes of at least 4 members (excludes halogenated alkanes) is 2. The van der Waals surface area contributed by atoms with Gasteiger partial charge in [-0.15, -0.1) is 0 Å². The van der Waals surface area contributed by atoms with E-state index in [0.717, 1.165) is 29.5 Å². The molecule has 0 unspecified atom stereocenters. The molecular formula is C21H27N3O2. The van der Waals surface area contributed by atoms with Crippen LogP contribution in [0.3, 0.4) is 0 Å². The standard InChI is InChI=1S/C21H27N3O2/c1-5-6-7-12-21(3,4)26-18-11-9-16-20(23-24-22-16)19(18)15-13-14(2)8-10-17(15)25/h8-11,13,25H,5-7,12H2,1-4H3,(H,22,23,24). The van der Waals surface area contributed by atoms with E-state index in [4.69, 9.17) is 4.74 Å². The number of H-pyrrole nitrogens is 1. The Kier molecular flexibility index (Phi) is 5.16. The quantitative estimate of drug-likeness (QED) is 0.560. The number of nitrogens with one attached hydrogen (secondary N) is 1. The van der Waals surface area contributed by atoms with Crippen molar-refractivity contribution >= 4 is 11.0 Å². The number of nitrogens with zero attached hydrogens (tertiary/aromatic N) is 2. The first kappa shape index (κ1) is 18.2. The SMILES string of the molecule is CCCCCC(C)(C)Oc1ccc2n[nH]nc2c1-c1cc(C)ccc1O. The van der Waals surface area contributed by atoms with E-state index in [-0.39, 0.29) is 11.4 Å². The maximum Gasteiger partial charge on any atom is 0.130 e. The van der Waals surface area contributed by atoms with Crippen LogP contribution >= 0.6 is 0 Å². The van der Waals surface area contributed by atoms with Gasteiger partial charge in [0, 0.05) is 5.56 Å². The molecule has 0 saturated carbocycles. The normalized spacial score (nSPS) is 11.8. The second kappa shape index (κ2) is 7.36. The molecule has 0 radical (unpaired) electrons. The van der Waals surface area contributed by atoms with E-state index in [1.54, 1.807) is 6.07 Å². The zero-order valence-electron chi connectivity index (χ0n) is 16.0. The van der Waals surface area contributed by atoms with Gasteiger partial charge in [0.1, 0.15) is 28.1 Å². The lowest BCUT2D eigenvalue weighted by atomic mass is 9.97. The predicted octanol–water partition coefficient (Wildman–Crippen LogP) is 5.38. The number of aromatic amines is 1. The molecule has 0 aliphatic heterocycles. The molecule has 2 N–H and O–H groups in total. The van der Waals surface area contributed by atoms with Crippen molar-refractivity contribution in [2.24, 2.45) is 0 Å². The first-order valence-corrected chi connectivity index (χ1v) is 9.24. The van der Waals surface area contributed by atoms with Gasteiger partial charge in [-0.25, -0.2) is 0 Å². The summed E-state index contributed by atoms with van der Waals surface area (Å²) in [5, 5.41) is 21.6. The maximum atomic E-state index is 10.5. The lowest BCUT2D eigenvalue weighted by Gasteiger charge is -2.28. The third kappa shape index (κ3) is 3.82. The molecule has 26 heavy (non-hydrogen) atoms. The van der Waals surface area contributed by atoms with Gasteiger partial charge in [-0.2, -0.15) is 15.4 Å². The number of ether oxygens (including phenoxy) is 1. The van der Waals surface area contributed by atoms with Crippen molar-refractivity contribution in [1.29, 1.82) is 0 Å². The zero-order chi connectivity index (χ0) is 18.7. The van der Waals surface area contributed by atoms with Gasteiger partial charge in [-0.05, 0) is 57.9 Å². The molecule has 0 atom stereocenters. The Morgan fingerprint density at radius 3 is 2.69 bits per heavy atom. The van der Waals surface area contributed by atoms with Gasteiger partial charge in [-0.3, -0.25) is 0 Å². The van der Waals surface area contributed by atoms with Crippen LogP contribution < -0.4 is 4.74 Å². The fourth-order valence-electron chi connectivity index (χ4n) is 3.24. The second-order valence-corrected chi connectivity index (χ2v) is 7.47. The molecule has 0 amide bonds. The van der Waals surface area contributed by atoms with E-state index >= 15 is 0 Å². The van der Waals surface area contributed by atoms with E-state index < -0.39 is 0 Å². The smallest absolute Gasteiger partial charge is 0.130 e. The lowest BCUT2D eigenvalue weighted by Crippen LogP contribution is -2.28. The molecule has 5 nitrogen and oxygen atoms in total. The number of aromatic hydroxyl groups is 1. The van der Waals surface area contributed by atoms with Crippen LogP contribution in [0.1, 0.15) is 52.0 Å². The Hall–Kier alpha value is -2.56. The van der Waals surface area contributed by atoms with Crippen LogP contribution in [0.4, 0.5) is 0 Å². The summed E-state index contributed by atoms with van der Waals surface area (Å²) in [5.74, 6) is 0.925. The average molecular weight is 353 g/mol. The Balaban J connectivity index is 2.07. The van der Waals surface area contributed by atoms with Crippen LogP contribution in [0.5, 0.6) is 11.5 Å². The Bertz CT molecular complexity index is 899. The molecule has 0 aliphatic carbocycles. The number of hydrogen-bond acceptors (Lipinski definition) is 4. The number of aromatic nitrogens is 3. The van der Waals surface area contributed by atoms with Gasteiger partial charge in [0.05, 0.1) is 5.56 Å². The molecule has 1 aromatic heterocycles. The molecular weight excluding hydrogens is 326 g/mol. The number of hydrogen-bond donors (Lipinski definition) is 2. The lowest BCUT2D eigenvalue weighted by molar-refractivity contribution is 0.0971. The van der Waals surface area contributed by atoms with Crippen molar-refractivity contribution in [1.82, 2.24) is 15.4 Å². The van der Waals surface area contributed by atoms with E-state index in [2.05, 4.69) is 36.2 Å². The number of benzene rings is 2. The van der Waals surface area contributed by atoms with E-state index in [1.807, 2.05) is 31.2 Å². The van der Waals surface area contributed by atoms with Crippen LogP contribution in [0.25, 0.3) is 22.2 Å². The molecule has 3 rings (SSSR count). The number of phenols is 1. The van der Waals surface area contributed by atoms with Crippen LogP contribution in [0, 0.1) is 6.92 Å². The third-order valence-corrected chi connectivity index (χ3v) is 4.64. The van der Waals surface area contributed by atoms with Gasteiger partial charge < -0.3 is 9.84 Å². The molecule has 2 aromatic carbocycles. The summed E-state index contributed by atoms with van der Waals surface area (Å²) in [7, 11) is 0. The summed E-state index contributed by atoms with van der Waals surface area (Å²) in [4.78, 5) is 0. The topological polar surface area (TPSA) is 71.0 Å². The highest BCUT2D eigenvalue weighted by atomic mass is 16.5. The zero-order valence-corrected chi connectivity index (χ0v) is 16.0. The summed E-state index contributed by atoms with van der Waals surface area (Å²) < 4.78 is 6.41. The molecule has 3 aromatic rings. The highest BCUT2D eigenvalue weighted by Crippen LogP contribution is 2.42. The van der Waals surface area contributed by atoms with Crippen LogP contribution in [-0.4, -0.2) is 26.1 Å². The van der Waals surface area contributed by atoms with Crippen molar-refractivity contribution in [3.05, 3.63) is 35.9 Å². The van der Waals surface area contributed by atoms with Crippen molar-refractivity contribution in [2.75, 3.05) is 0 Å². The number of phenolic OH excluding ortho intramolecular Hbond substituents is 1. The van der Waals surface area contributed by atoms with Crippen LogP contribution in [0.2, 0.25) is 0 Å². The largest absolute Gasteiger partial charge is 0.507 e. The Morgan fingerprint density at radius 2 is 1.92 bits per heavy atom. The van der Waals surface area contributed by atoms with Gasteiger partial charge in [0.2, 0.25) is 0 Å². The van der Waals surface area contributed by atoms with E-state index in [1.165, 1.54) is 12.8 Å². The molecule has 0 spiro atoms. The predicted molar refractivity (Wildman–Crippen MR) is 105 cm³/mol.